The molecule has 1 atom stereocenters. The first-order valence-corrected chi connectivity index (χ1v) is 10.5. The van der Waals surface area contributed by atoms with Crippen LogP contribution < -0.4 is 15.4 Å². The predicted molar refractivity (Wildman–Crippen MR) is 105 cm³/mol. The van der Waals surface area contributed by atoms with Crippen LogP contribution in [-0.2, 0) is 0 Å². The van der Waals surface area contributed by atoms with Gasteiger partial charge in [0.15, 0.2) is 0 Å². The van der Waals surface area contributed by atoms with Crippen molar-refractivity contribution in [3.05, 3.63) is 36.7 Å². The van der Waals surface area contributed by atoms with Gasteiger partial charge < -0.3 is 15.4 Å². The molecule has 4 rings (SSSR count). The van der Waals surface area contributed by atoms with Crippen molar-refractivity contribution in [1.29, 1.82) is 0 Å². The molecule has 5 nitrogen and oxygen atoms in total. The predicted octanol–water partition coefficient (Wildman–Crippen LogP) is 4.62. The number of halogens is 3. The molecule has 0 bridgehead atoms. The Morgan fingerprint density at radius 2 is 1.86 bits per heavy atom. The zero-order chi connectivity index (χ0) is 20.5. The molecule has 0 unspecified atom stereocenters. The lowest BCUT2D eigenvalue weighted by Gasteiger charge is -2.42. The molecule has 2 aliphatic rings. The summed E-state index contributed by atoms with van der Waals surface area (Å²) in [5.74, 6) is 0.542. The van der Waals surface area contributed by atoms with Crippen LogP contribution >= 0.6 is 11.8 Å². The Balaban J connectivity index is 1.41. The number of nitrogens with two attached hydrogens (primary N) is 1. The van der Waals surface area contributed by atoms with Crippen LogP contribution in [0, 0.1) is 5.41 Å². The first-order valence-electron chi connectivity index (χ1n) is 9.70. The summed E-state index contributed by atoms with van der Waals surface area (Å²) < 4.78 is 41.8. The first kappa shape index (κ1) is 20.3. The van der Waals surface area contributed by atoms with E-state index in [1.54, 1.807) is 24.5 Å². The molecule has 2 heterocycles. The van der Waals surface area contributed by atoms with Gasteiger partial charge in [-0.05, 0) is 43.2 Å². The van der Waals surface area contributed by atoms with Crippen molar-refractivity contribution in [2.45, 2.75) is 54.4 Å². The van der Waals surface area contributed by atoms with Crippen molar-refractivity contribution < 1.29 is 17.9 Å². The molecule has 2 aromatic rings. The Bertz CT molecular complexity index is 838. The van der Waals surface area contributed by atoms with Gasteiger partial charge in [-0.2, -0.15) is 0 Å². The number of piperidine rings is 1. The summed E-state index contributed by atoms with van der Waals surface area (Å²) in [6.07, 6.45) is 4.21. The topological polar surface area (TPSA) is 64.3 Å². The molecule has 9 heteroatoms. The van der Waals surface area contributed by atoms with E-state index < -0.39 is 6.36 Å². The smallest absolute Gasteiger partial charge is 0.405 e. The molecule has 1 spiro atoms. The van der Waals surface area contributed by atoms with Gasteiger partial charge in [0.05, 0.1) is 17.3 Å². The van der Waals surface area contributed by atoms with Gasteiger partial charge >= 0.3 is 6.36 Å². The second kappa shape index (κ2) is 8.02. The van der Waals surface area contributed by atoms with Gasteiger partial charge in [0.2, 0.25) is 0 Å². The lowest BCUT2D eigenvalue weighted by Crippen LogP contribution is -2.47. The van der Waals surface area contributed by atoms with Crippen LogP contribution in [0.2, 0.25) is 0 Å². The molecule has 156 valence electrons. The van der Waals surface area contributed by atoms with Crippen molar-refractivity contribution in [3.63, 3.8) is 0 Å². The molecule has 1 saturated carbocycles. The minimum Gasteiger partial charge on any atom is -0.405 e. The van der Waals surface area contributed by atoms with E-state index in [2.05, 4.69) is 19.6 Å². The maximum absolute atomic E-state index is 12.6. The van der Waals surface area contributed by atoms with E-state index >= 15 is 0 Å². The van der Waals surface area contributed by atoms with Crippen molar-refractivity contribution >= 4 is 17.6 Å². The van der Waals surface area contributed by atoms with Gasteiger partial charge in [-0.15, -0.1) is 13.2 Å². The molecule has 1 aromatic carbocycles. The minimum atomic E-state index is -4.74. The van der Waals surface area contributed by atoms with Gasteiger partial charge in [0, 0.05) is 19.1 Å². The van der Waals surface area contributed by atoms with Crippen molar-refractivity contribution in [1.82, 2.24) is 9.97 Å². The average Bonchev–Trinajstić information content (AvgIpc) is 3.03. The monoisotopic (exact) mass is 424 g/mol. The zero-order valence-corrected chi connectivity index (χ0v) is 16.7. The lowest BCUT2D eigenvalue weighted by atomic mass is 9.74. The minimum absolute atomic E-state index is 0.245. The van der Waals surface area contributed by atoms with Gasteiger partial charge in [0.1, 0.15) is 16.6 Å². The van der Waals surface area contributed by atoms with Crippen molar-refractivity contribution in [3.8, 4) is 5.75 Å². The molecule has 1 aromatic heterocycles. The highest BCUT2D eigenvalue weighted by molar-refractivity contribution is 7.99. The van der Waals surface area contributed by atoms with E-state index in [0.29, 0.717) is 16.0 Å². The Morgan fingerprint density at radius 3 is 2.48 bits per heavy atom. The van der Waals surface area contributed by atoms with Gasteiger partial charge in [0.25, 0.3) is 0 Å². The number of anilines is 1. The second-order valence-corrected chi connectivity index (χ2v) is 8.72. The average molecular weight is 424 g/mol. The number of alkyl halides is 3. The maximum atomic E-state index is 12.6. The number of nitrogens with zero attached hydrogens (tertiary/aromatic N) is 3. The Labute approximate surface area is 171 Å². The SMILES string of the molecule is N[C@@H]1CCCC12CCN(c1cnc(Sc3ccccc3OC(F)(F)F)cn1)CC2. The summed E-state index contributed by atoms with van der Waals surface area (Å²) in [6, 6.07) is 6.31. The fourth-order valence-corrected chi connectivity index (χ4v) is 5.14. The van der Waals surface area contributed by atoms with E-state index in [9.17, 15) is 13.2 Å². The fraction of sp³-hybridized carbons (Fsp3) is 0.500. The third-order valence-electron chi connectivity index (χ3n) is 5.96. The normalized spacial score (nSPS) is 21.5. The third kappa shape index (κ3) is 4.61. The van der Waals surface area contributed by atoms with Crippen LogP contribution in [-0.4, -0.2) is 35.5 Å². The number of rotatable bonds is 4. The molecule has 1 saturated heterocycles. The highest BCUT2D eigenvalue weighted by Crippen LogP contribution is 2.46. The van der Waals surface area contributed by atoms with Gasteiger partial charge in [-0.1, -0.05) is 30.3 Å². The Kier molecular flexibility index (Phi) is 5.61. The quantitative estimate of drug-likeness (QED) is 0.773. The highest BCUT2D eigenvalue weighted by Gasteiger charge is 2.43. The molecule has 2 fully saturated rings. The maximum Gasteiger partial charge on any atom is 0.573 e. The van der Waals surface area contributed by atoms with E-state index in [0.717, 1.165) is 49.9 Å². The van der Waals surface area contributed by atoms with Crippen LogP contribution in [0.15, 0.2) is 46.6 Å². The lowest BCUT2D eigenvalue weighted by molar-refractivity contribution is -0.275. The molecule has 29 heavy (non-hydrogen) atoms. The second-order valence-electron chi connectivity index (χ2n) is 7.66. The third-order valence-corrected chi connectivity index (χ3v) is 6.94. The number of ether oxygens (including phenoxy) is 1. The van der Waals surface area contributed by atoms with Crippen LogP contribution in [0.25, 0.3) is 0 Å². The summed E-state index contributed by atoms with van der Waals surface area (Å²) in [5, 5.41) is 0.512. The number of hydrogen-bond acceptors (Lipinski definition) is 6. The Hall–Kier alpha value is -2.00. The molecule has 0 radical (unpaired) electrons. The summed E-state index contributed by atoms with van der Waals surface area (Å²) in [5.41, 5.74) is 6.62. The van der Waals surface area contributed by atoms with E-state index in [4.69, 9.17) is 5.73 Å². The van der Waals surface area contributed by atoms with Crippen LogP contribution in [0.1, 0.15) is 32.1 Å². The summed E-state index contributed by atoms with van der Waals surface area (Å²) in [4.78, 5) is 11.4. The number of aromatic nitrogens is 2. The molecular formula is C20H23F3N4OS. The van der Waals surface area contributed by atoms with Crippen LogP contribution in [0.5, 0.6) is 5.75 Å². The molecule has 1 aliphatic heterocycles. The summed E-state index contributed by atoms with van der Waals surface area (Å²) >= 11 is 1.09. The van der Waals surface area contributed by atoms with Gasteiger partial charge in [-0.3, -0.25) is 0 Å². The number of benzene rings is 1. The van der Waals surface area contributed by atoms with Gasteiger partial charge in [-0.25, -0.2) is 9.97 Å². The number of hydrogen-bond donors (Lipinski definition) is 1. The van der Waals surface area contributed by atoms with E-state index in [1.165, 1.54) is 25.0 Å². The molecule has 2 N–H and O–H groups in total. The fourth-order valence-electron chi connectivity index (χ4n) is 4.35. The molecule has 1 aliphatic carbocycles. The highest BCUT2D eigenvalue weighted by atomic mass is 32.2. The summed E-state index contributed by atoms with van der Waals surface area (Å²) in [6.45, 7) is 1.80. The molecule has 0 amide bonds. The first-order chi connectivity index (χ1) is 13.8. The van der Waals surface area contributed by atoms with Crippen LogP contribution in [0.3, 0.4) is 0 Å². The summed E-state index contributed by atoms with van der Waals surface area (Å²) in [7, 11) is 0. The Morgan fingerprint density at radius 1 is 1.10 bits per heavy atom. The van der Waals surface area contributed by atoms with E-state index in [-0.39, 0.29) is 11.2 Å². The van der Waals surface area contributed by atoms with Crippen LogP contribution in [0.4, 0.5) is 19.0 Å². The van der Waals surface area contributed by atoms with E-state index in [1.807, 2.05) is 0 Å². The largest absolute Gasteiger partial charge is 0.573 e. The zero-order valence-electron chi connectivity index (χ0n) is 15.9. The number of para-hydroxylation sites is 1. The molecular weight excluding hydrogens is 401 g/mol. The van der Waals surface area contributed by atoms with Crippen molar-refractivity contribution in [2.75, 3.05) is 18.0 Å². The van der Waals surface area contributed by atoms with Crippen molar-refractivity contribution in [2.24, 2.45) is 11.1 Å². The standard InChI is InChI=1S/C20H23F3N4OS/c21-20(22,23)28-14-4-1-2-5-15(14)29-18-13-25-17(12-26-18)27-10-8-19(9-11-27)7-3-6-16(19)24/h1-2,4-5,12-13,16H,3,6-11,24H2/t16-/m1/s1.